The summed E-state index contributed by atoms with van der Waals surface area (Å²) in [5.41, 5.74) is 0.744. The molecule has 0 aliphatic carbocycles. The molecule has 0 atom stereocenters. The lowest BCUT2D eigenvalue weighted by atomic mass is 10.1. The molecular weight excluding hydrogens is 252 g/mol. The van der Waals surface area contributed by atoms with E-state index < -0.39 is 0 Å². The molecule has 1 rings (SSSR count). The molecule has 1 amide bonds. The zero-order valence-electron chi connectivity index (χ0n) is 13.0. The number of benzene rings is 1. The Bertz CT molecular complexity index is 418. The third-order valence-corrected chi connectivity index (χ3v) is 3.74. The number of nitrogens with zero attached hydrogens (tertiary/aromatic N) is 2. The van der Waals surface area contributed by atoms with Crippen LogP contribution >= 0.6 is 0 Å². The highest BCUT2D eigenvalue weighted by Gasteiger charge is 2.25. The van der Waals surface area contributed by atoms with E-state index in [9.17, 15) is 9.90 Å². The van der Waals surface area contributed by atoms with E-state index >= 15 is 0 Å². The Hall–Kier alpha value is -1.39. The van der Waals surface area contributed by atoms with Crippen LogP contribution in [0.4, 0.5) is 0 Å². The first kappa shape index (κ1) is 16.7. The Morgan fingerprint density at radius 2 is 1.85 bits per heavy atom. The van der Waals surface area contributed by atoms with Crippen molar-refractivity contribution < 1.29 is 9.90 Å². The predicted molar refractivity (Wildman–Crippen MR) is 81.3 cm³/mol. The minimum absolute atomic E-state index is 0.0294. The Morgan fingerprint density at radius 1 is 1.25 bits per heavy atom. The molecule has 0 bridgehead atoms. The van der Waals surface area contributed by atoms with E-state index in [1.54, 1.807) is 0 Å². The first-order valence-electron chi connectivity index (χ1n) is 7.04. The van der Waals surface area contributed by atoms with Gasteiger partial charge in [0.1, 0.15) is 0 Å². The number of aliphatic hydroxyl groups excluding tert-OH is 1. The van der Waals surface area contributed by atoms with Crippen molar-refractivity contribution in [2.45, 2.75) is 32.9 Å². The molecule has 0 unspecified atom stereocenters. The van der Waals surface area contributed by atoms with Crippen LogP contribution in [-0.4, -0.2) is 53.1 Å². The largest absolute Gasteiger partial charge is 0.394 e. The number of hydrogen-bond acceptors (Lipinski definition) is 3. The third kappa shape index (κ3) is 4.62. The van der Waals surface area contributed by atoms with Gasteiger partial charge >= 0.3 is 0 Å². The second-order valence-corrected chi connectivity index (χ2v) is 5.72. The number of carbonyl (C=O) groups excluding carboxylic acids is 1. The van der Waals surface area contributed by atoms with Crippen molar-refractivity contribution in [2.75, 3.05) is 26.7 Å². The Kier molecular flexibility index (Phi) is 6.17. The van der Waals surface area contributed by atoms with Crippen LogP contribution in [0, 0.1) is 0 Å². The number of hydrogen-bond donors (Lipinski definition) is 1. The minimum Gasteiger partial charge on any atom is -0.394 e. The van der Waals surface area contributed by atoms with Crippen LogP contribution in [0.3, 0.4) is 0 Å². The zero-order valence-corrected chi connectivity index (χ0v) is 13.0. The molecule has 0 fully saturated rings. The number of aliphatic hydroxyl groups is 1. The molecule has 0 aromatic heterocycles. The van der Waals surface area contributed by atoms with Gasteiger partial charge in [-0.05, 0) is 33.4 Å². The van der Waals surface area contributed by atoms with Crippen molar-refractivity contribution in [1.29, 1.82) is 0 Å². The van der Waals surface area contributed by atoms with E-state index in [-0.39, 0.29) is 18.1 Å². The fourth-order valence-electron chi connectivity index (χ4n) is 1.82. The van der Waals surface area contributed by atoms with E-state index in [1.165, 1.54) is 0 Å². The summed E-state index contributed by atoms with van der Waals surface area (Å²) in [6.07, 6.45) is 0. The molecule has 20 heavy (non-hydrogen) atoms. The first-order valence-corrected chi connectivity index (χ1v) is 7.04. The van der Waals surface area contributed by atoms with Crippen molar-refractivity contribution in [3.63, 3.8) is 0 Å². The minimum atomic E-state index is -0.387. The van der Waals surface area contributed by atoms with Crippen LogP contribution in [0.25, 0.3) is 0 Å². The second kappa shape index (κ2) is 7.41. The number of amides is 1. The molecule has 1 N–H and O–H groups in total. The lowest BCUT2D eigenvalue weighted by Gasteiger charge is -2.34. The molecule has 0 saturated heterocycles. The number of likely N-dealkylation sites (N-methyl/N-ethyl adjacent to an activating group) is 2. The number of rotatable bonds is 7. The zero-order chi connectivity index (χ0) is 15.2. The molecule has 0 aliphatic rings. The summed E-state index contributed by atoms with van der Waals surface area (Å²) >= 11 is 0. The van der Waals surface area contributed by atoms with Gasteiger partial charge in [-0.3, -0.25) is 9.69 Å². The van der Waals surface area contributed by atoms with E-state index in [1.807, 2.05) is 68.0 Å². The van der Waals surface area contributed by atoms with Gasteiger partial charge in [0.25, 0.3) is 0 Å². The van der Waals surface area contributed by atoms with Crippen molar-refractivity contribution >= 4 is 5.91 Å². The molecular formula is C16H26N2O2. The Balaban J connectivity index is 2.64. The smallest absolute Gasteiger partial charge is 0.237 e. The quantitative estimate of drug-likeness (QED) is 0.826. The molecule has 112 valence electrons. The van der Waals surface area contributed by atoms with Crippen LogP contribution in [0.1, 0.15) is 26.3 Å². The summed E-state index contributed by atoms with van der Waals surface area (Å²) in [5.74, 6) is 0.0837. The van der Waals surface area contributed by atoms with Gasteiger partial charge in [-0.25, -0.2) is 0 Å². The highest BCUT2D eigenvalue weighted by Crippen LogP contribution is 2.12. The summed E-state index contributed by atoms with van der Waals surface area (Å²) in [5, 5.41) is 9.34. The van der Waals surface area contributed by atoms with E-state index in [0.717, 1.165) is 5.56 Å². The normalized spacial score (nSPS) is 11.7. The van der Waals surface area contributed by atoms with E-state index in [4.69, 9.17) is 0 Å². The summed E-state index contributed by atoms with van der Waals surface area (Å²) in [6.45, 7) is 7.49. The highest BCUT2D eigenvalue weighted by atomic mass is 16.3. The van der Waals surface area contributed by atoms with Gasteiger partial charge < -0.3 is 10.0 Å². The van der Waals surface area contributed by atoms with Gasteiger partial charge in [0.05, 0.1) is 13.2 Å². The molecule has 4 heteroatoms. The maximum Gasteiger partial charge on any atom is 0.237 e. The Labute approximate surface area is 122 Å². The van der Waals surface area contributed by atoms with E-state index in [0.29, 0.717) is 19.6 Å². The molecule has 4 nitrogen and oxygen atoms in total. The van der Waals surface area contributed by atoms with Crippen LogP contribution in [-0.2, 0) is 11.3 Å². The molecule has 1 aromatic carbocycles. The molecule has 0 aliphatic heterocycles. The van der Waals surface area contributed by atoms with Crippen LogP contribution in [0.2, 0.25) is 0 Å². The molecule has 0 heterocycles. The molecule has 1 aromatic rings. The van der Waals surface area contributed by atoms with Crippen molar-refractivity contribution in [3.05, 3.63) is 35.9 Å². The van der Waals surface area contributed by atoms with Gasteiger partial charge in [-0.15, -0.1) is 0 Å². The summed E-state index contributed by atoms with van der Waals surface area (Å²) in [7, 11) is 1.87. The van der Waals surface area contributed by atoms with Crippen LogP contribution in [0.5, 0.6) is 0 Å². The van der Waals surface area contributed by atoms with Gasteiger partial charge in [0.2, 0.25) is 5.91 Å². The summed E-state index contributed by atoms with van der Waals surface area (Å²) < 4.78 is 0. The lowest BCUT2D eigenvalue weighted by Crippen LogP contribution is -2.49. The highest BCUT2D eigenvalue weighted by molar-refractivity contribution is 5.78. The van der Waals surface area contributed by atoms with E-state index in [2.05, 4.69) is 0 Å². The molecule has 0 radical (unpaired) electrons. The number of carbonyl (C=O) groups is 1. The Morgan fingerprint density at radius 3 is 2.35 bits per heavy atom. The fraction of sp³-hybridized carbons (Fsp3) is 0.562. The van der Waals surface area contributed by atoms with Crippen molar-refractivity contribution in [1.82, 2.24) is 9.80 Å². The SMILES string of the molecule is CCN(Cc1ccccc1)C(=O)CN(C)C(C)(C)CO. The lowest BCUT2D eigenvalue weighted by molar-refractivity contribution is -0.134. The summed E-state index contributed by atoms with van der Waals surface area (Å²) in [4.78, 5) is 16.1. The topological polar surface area (TPSA) is 43.8 Å². The van der Waals surface area contributed by atoms with Crippen LogP contribution in [0.15, 0.2) is 30.3 Å². The predicted octanol–water partition coefficient (Wildman–Crippen LogP) is 1.74. The van der Waals surface area contributed by atoms with Crippen LogP contribution < -0.4 is 0 Å². The van der Waals surface area contributed by atoms with Gasteiger partial charge in [-0.2, -0.15) is 0 Å². The van der Waals surface area contributed by atoms with Gasteiger partial charge in [-0.1, -0.05) is 30.3 Å². The fourth-order valence-corrected chi connectivity index (χ4v) is 1.82. The average molecular weight is 278 g/mol. The maximum absolute atomic E-state index is 12.4. The maximum atomic E-state index is 12.4. The second-order valence-electron chi connectivity index (χ2n) is 5.72. The van der Waals surface area contributed by atoms with Crippen molar-refractivity contribution in [2.24, 2.45) is 0 Å². The standard InChI is InChI=1S/C16H26N2O2/c1-5-18(11-14-9-7-6-8-10-14)15(20)12-17(4)16(2,3)13-19/h6-10,19H,5,11-13H2,1-4H3. The first-order chi connectivity index (χ1) is 9.40. The summed E-state index contributed by atoms with van der Waals surface area (Å²) in [6, 6.07) is 9.98. The monoisotopic (exact) mass is 278 g/mol. The molecule has 0 saturated carbocycles. The molecule has 0 spiro atoms. The van der Waals surface area contributed by atoms with Crippen molar-refractivity contribution in [3.8, 4) is 0 Å². The van der Waals surface area contributed by atoms with Gasteiger partial charge in [0.15, 0.2) is 0 Å². The average Bonchev–Trinajstić information content (AvgIpc) is 2.45. The third-order valence-electron chi connectivity index (χ3n) is 3.74. The van der Waals surface area contributed by atoms with Gasteiger partial charge in [0, 0.05) is 18.6 Å².